The molecule has 0 aliphatic rings. The number of para-hydroxylation sites is 1. The smallest absolute Gasteiger partial charge is 0.248 e. The van der Waals surface area contributed by atoms with Gasteiger partial charge in [-0.3, -0.25) is 20.4 Å². The number of carbonyl (C=O) groups excluding carboxylic acids is 2. The third-order valence-electron chi connectivity index (χ3n) is 2.92. The molecule has 0 fully saturated rings. The summed E-state index contributed by atoms with van der Waals surface area (Å²) < 4.78 is 0.916. The average molecular weight is 453 g/mol. The van der Waals surface area contributed by atoms with Crippen molar-refractivity contribution in [2.24, 2.45) is 0 Å². The third-order valence-corrected chi connectivity index (χ3v) is 4.55. The Hall–Kier alpha value is -2.10. The molecule has 0 aromatic heterocycles. The zero-order chi connectivity index (χ0) is 18.8. The monoisotopic (exact) mass is 452 g/mol. The molecule has 136 valence electrons. The van der Waals surface area contributed by atoms with E-state index in [1.165, 1.54) is 11.8 Å². The Balaban J connectivity index is 1.61. The van der Waals surface area contributed by atoms with Gasteiger partial charge in [-0.15, -0.1) is 11.8 Å². The van der Waals surface area contributed by atoms with Gasteiger partial charge in [0.15, 0.2) is 5.11 Å². The molecule has 0 spiro atoms. The van der Waals surface area contributed by atoms with Crippen LogP contribution in [0.3, 0.4) is 0 Å². The van der Waals surface area contributed by atoms with Crippen molar-refractivity contribution in [2.75, 3.05) is 22.1 Å². The van der Waals surface area contributed by atoms with Crippen LogP contribution in [0.15, 0.2) is 59.1 Å². The summed E-state index contributed by atoms with van der Waals surface area (Å²) in [6.45, 7) is 0. The number of amides is 2. The number of thiocarbonyl (C=S) groups is 1. The average Bonchev–Trinajstić information content (AvgIpc) is 2.61. The van der Waals surface area contributed by atoms with E-state index >= 15 is 0 Å². The molecule has 26 heavy (non-hydrogen) atoms. The maximum absolute atomic E-state index is 11.8. The molecule has 0 radical (unpaired) electrons. The number of hydrogen-bond donors (Lipinski definition) is 4. The van der Waals surface area contributed by atoms with Crippen molar-refractivity contribution in [1.82, 2.24) is 10.9 Å². The number of carbonyl (C=O) groups is 2. The molecule has 2 aromatic rings. The van der Waals surface area contributed by atoms with Gasteiger partial charge in [0.2, 0.25) is 11.8 Å². The second-order valence-electron chi connectivity index (χ2n) is 5.04. The van der Waals surface area contributed by atoms with Gasteiger partial charge in [-0.05, 0) is 42.5 Å². The summed E-state index contributed by atoms with van der Waals surface area (Å²) in [5, 5.41) is 5.97. The Labute approximate surface area is 169 Å². The number of rotatable bonds is 6. The van der Waals surface area contributed by atoms with Crippen molar-refractivity contribution in [3.8, 4) is 0 Å². The zero-order valence-electron chi connectivity index (χ0n) is 13.6. The highest BCUT2D eigenvalue weighted by Gasteiger charge is 2.06. The van der Waals surface area contributed by atoms with E-state index in [0.29, 0.717) is 0 Å². The van der Waals surface area contributed by atoms with Gasteiger partial charge >= 0.3 is 0 Å². The topological polar surface area (TPSA) is 82.3 Å². The molecule has 0 aliphatic carbocycles. The number of benzene rings is 2. The van der Waals surface area contributed by atoms with Crippen LogP contribution in [0.25, 0.3) is 0 Å². The summed E-state index contributed by atoms with van der Waals surface area (Å²) in [7, 11) is 0. The molecule has 9 heteroatoms. The van der Waals surface area contributed by atoms with E-state index in [0.717, 1.165) is 15.8 Å². The predicted molar refractivity (Wildman–Crippen MR) is 114 cm³/mol. The van der Waals surface area contributed by atoms with Crippen molar-refractivity contribution in [3.63, 3.8) is 0 Å². The van der Waals surface area contributed by atoms with Crippen LogP contribution >= 0.6 is 39.9 Å². The second-order valence-corrected chi connectivity index (χ2v) is 7.35. The Morgan fingerprint density at radius 1 is 0.885 bits per heavy atom. The third kappa shape index (κ3) is 7.85. The summed E-state index contributed by atoms with van der Waals surface area (Å²) in [4.78, 5) is 23.5. The van der Waals surface area contributed by atoms with E-state index in [1.54, 1.807) is 12.1 Å². The highest BCUT2D eigenvalue weighted by atomic mass is 79.9. The number of halogens is 1. The van der Waals surface area contributed by atoms with Gasteiger partial charge < -0.3 is 10.6 Å². The maximum Gasteiger partial charge on any atom is 0.248 e. The molecular formula is C17H17BrN4O2S2. The molecule has 0 atom stereocenters. The minimum Gasteiger partial charge on any atom is -0.331 e. The van der Waals surface area contributed by atoms with E-state index < -0.39 is 0 Å². The fraction of sp³-hybridized carbons (Fsp3) is 0.118. The number of thioether (sulfide) groups is 1. The number of hydrazine groups is 1. The molecule has 2 aromatic carbocycles. The number of hydrogen-bond acceptors (Lipinski definition) is 4. The van der Waals surface area contributed by atoms with Crippen LogP contribution < -0.4 is 21.5 Å². The Morgan fingerprint density at radius 3 is 2.31 bits per heavy atom. The standard InChI is InChI=1S/C17H17BrN4O2S2/c18-12-5-4-8-14(9-12)20-17(25)22-21-16(24)11-26-10-15(23)19-13-6-2-1-3-7-13/h1-9H,10-11H2,(H,19,23)(H,21,24)(H2,20,22,25). The van der Waals surface area contributed by atoms with E-state index in [9.17, 15) is 9.59 Å². The fourth-order valence-electron chi connectivity index (χ4n) is 1.85. The van der Waals surface area contributed by atoms with Crippen LogP contribution in [0.5, 0.6) is 0 Å². The molecule has 0 saturated carbocycles. The van der Waals surface area contributed by atoms with Gasteiger partial charge in [-0.1, -0.05) is 40.2 Å². The normalized spacial score (nSPS) is 9.88. The first-order valence-electron chi connectivity index (χ1n) is 7.57. The summed E-state index contributed by atoms with van der Waals surface area (Å²) in [5.41, 5.74) is 6.62. The molecule has 0 saturated heterocycles. The highest BCUT2D eigenvalue weighted by Crippen LogP contribution is 2.15. The fourth-order valence-corrected chi connectivity index (χ4v) is 3.03. The molecule has 2 rings (SSSR count). The quantitative estimate of drug-likeness (QED) is 0.398. The maximum atomic E-state index is 11.8. The molecule has 4 N–H and O–H groups in total. The molecule has 0 unspecified atom stereocenters. The van der Waals surface area contributed by atoms with Crippen molar-refractivity contribution < 1.29 is 9.59 Å². The van der Waals surface area contributed by atoms with Gasteiger partial charge in [0.1, 0.15) is 0 Å². The SMILES string of the molecule is O=C(CSCC(=O)Nc1ccccc1)NNC(=S)Nc1cccc(Br)c1. The Bertz CT molecular complexity index is 774. The van der Waals surface area contributed by atoms with Crippen LogP contribution in [0.4, 0.5) is 11.4 Å². The lowest BCUT2D eigenvalue weighted by Gasteiger charge is -2.11. The summed E-state index contributed by atoms with van der Waals surface area (Å²) in [5.74, 6) is -0.118. The van der Waals surface area contributed by atoms with Crippen LogP contribution in [0.1, 0.15) is 0 Å². The molecule has 2 amide bonds. The Morgan fingerprint density at radius 2 is 1.58 bits per heavy atom. The van der Waals surface area contributed by atoms with Crippen LogP contribution in [-0.4, -0.2) is 28.4 Å². The van der Waals surface area contributed by atoms with E-state index in [2.05, 4.69) is 37.4 Å². The first-order valence-corrected chi connectivity index (χ1v) is 9.92. The van der Waals surface area contributed by atoms with Gasteiger partial charge in [-0.2, -0.15) is 0 Å². The lowest BCUT2D eigenvalue weighted by Crippen LogP contribution is -2.44. The Kier molecular flexibility index (Phi) is 8.39. The first-order chi connectivity index (χ1) is 12.5. The lowest BCUT2D eigenvalue weighted by atomic mass is 10.3. The minimum atomic E-state index is -0.277. The van der Waals surface area contributed by atoms with Crippen molar-refractivity contribution in [1.29, 1.82) is 0 Å². The molecule has 6 nitrogen and oxygen atoms in total. The van der Waals surface area contributed by atoms with Crippen molar-refractivity contribution in [3.05, 3.63) is 59.1 Å². The first kappa shape index (κ1) is 20.2. The molecule has 0 aliphatic heterocycles. The molecule has 0 heterocycles. The van der Waals surface area contributed by atoms with Crippen molar-refractivity contribution in [2.45, 2.75) is 0 Å². The van der Waals surface area contributed by atoms with Crippen LogP contribution in [-0.2, 0) is 9.59 Å². The zero-order valence-corrected chi connectivity index (χ0v) is 16.8. The number of anilines is 2. The number of nitrogens with one attached hydrogen (secondary N) is 4. The van der Waals surface area contributed by atoms with E-state index in [1.807, 2.05) is 42.5 Å². The van der Waals surface area contributed by atoms with Crippen LogP contribution in [0, 0.1) is 0 Å². The second kappa shape index (κ2) is 10.8. The van der Waals surface area contributed by atoms with Gasteiger partial charge in [0, 0.05) is 15.8 Å². The highest BCUT2D eigenvalue weighted by molar-refractivity contribution is 9.10. The van der Waals surface area contributed by atoms with Gasteiger partial charge in [-0.25, -0.2) is 0 Å². The largest absolute Gasteiger partial charge is 0.331 e. The minimum absolute atomic E-state index is 0.134. The van der Waals surface area contributed by atoms with Gasteiger partial charge in [0.05, 0.1) is 11.5 Å². The van der Waals surface area contributed by atoms with Gasteiger partial charge in [0.25, 0.3) is 0 Å². The van der Waals surface area contributed by atoms with Crippen LogP contribution in [0.2, 0.25) is 0 Å². The molecular weight excluding hydrogens is 436 g/mol. The molecule has 0 bridgehead atoms. The lowest BCUT2D eigenvalue weighted by molar-refractivity contribution is -0.119. The summed E-state index contributed by atoms with van der Waals surface area (Å²) >= 11 is 9.68. The summed E-state index contributed by atoms with van der Waals surface area (Å²) in [6.07, 6.45) is 0. The van der Waals surface area contributed by atoms with E-state index in [4.69, 9.17) is 12.2 Å². The predicted octanol–water partition coefficient (Wildman–Crippen LogP) is 3.14. The summed E-state index contributed by atoms with van der Waals surface area (Å²) in [6, 6.07) is 16.6. The van der Waals surface area contributed by atoms with E-state index in [-0.39, 0.29) is 28.4 Å². The van der Waals surface area contributed by atoms with Crippen molar-refractivity contribution >= 4 is 68.2 Å².